The van der Waals surface area contributed by atoms with Crippen LogP contribution in [-0.4, -0.2) is 10.8 Å². The number of hydrogen-bond donors (Lipinski definition) is 1. The number of rotatable bonds is 4. The molecule has 0 spiro atoms. The van der Waals surface area contributed by atoms with Crippen molar-refractivity contribution in [3.8, 4) is 0 Å². The average Bonchev–Trinajstić information content (AvgIpc) is 2.75. The zero-order chi connectivity index (χ0) is 12.3. The van der Waals surface area contributed by atoms with E-state index in [1.807, 2.05) is 11.4 Å². The van der Waals surface area contributed by atoms with Crippen LogP contribution < -0.4 is 5.73 Å². The quantitative estimate of drug-likeness (QED) is 0.883. The normalized spacial score (nSPS) is 10.5. The average molecular weight is 311 g/mol. The second-order valence-corrected chi connectivity index (χ2v) is 5.39. The van der Waals surface area contributed by atoms with Gasteiger partial charge in [0.2, 0.25) is 0 Å². The van der Waals surface area contributed by atoms with E-state index in [4.69, 9.17) is 5.73 Å². The maximum Gasteiger partial charge on any atom is 0.168 e. The Balaban J connectivity index is 2.17. The lowest BCUT2D eigenvalue weighted by Crippen LogP contribution is -2.06. The van der Waals surface area contributed by atoms with Crippen molar-refractivity contribution in [3.63, 3.8) is 0 Å². The van der Waals surface area contributed by atoms with Crippen LogP contribution in [0, 0.1) is 0 Å². The number of pyridine rings is 1. The Morgan fingerprint density at radius 2 is 2.29 bits per heavy atom. The molecule has 0 amide bonds. The van der Waals surface area contributed by atoms with Gasteiger partial charge in [0.25, 0.3) is 0 Å². The molecule has 0 unspecified atom stereocenters. The molecular formula is C12H11BrN2OS. The van der Waals surface area contributed by atoms with Crippen molar-refractivity contribution in [3.05, 3.63) is 50.4 Å². The van der Waals surface area contributed by atoms with Crippen LogP contribution in [0.3, 0.4) is 0 Å². The lowest BCUT2D eigenvalue weighted by atomic mass is 10.1. The summed E-state index contributed by atoms with van der Waals surface area (Å²) in [5, 5.41) is 1.96. The Labute approximate surface area is 112 Å². The van der Waals surface area contributed by atoms with Crippen molar-refractivity contribution >= 4 is 33.0 Å². The molecular weight excluding hydrogens is 300 g/mol. The predicted molar refractivity (Wildman–Crippen MR) is 72.2 cm³/mol. The van der Waals surface area contributed by atoms with Gasteiger partial charge in [-0.15, -0.1) is 11.3 Å². The molecule has 0 radical (unpaired) electrons. The molecule has 5 heteroatoms. The number of halogens is 1. The van der Waals surface area contributed by atoms with Gasteiger partial charge in [-0.25, -0.2) is 0 Å². The number of carbonyl (C=O) groups is 1. The van der Waals surface area contributed by atoms with E-state index < -0.39 is 0 Å². The van der Waals surface area contributed by atoms with Crippen LogP contribution in [0.25, 0.3) is 0 Å². The number of hydrogen-bond acceptors (Lipinski definition) is 4. The summed E-state index contributed by atoms with van der Waals surface area (Å²) in [4.78, 5) is 17.2. The van der Waals surface area contributed by atoms with Gasteiger partial charge in [0.1, 0.15) is 0 Å². The SMILES string of the molecule is NCc1cc(C(=O)Cc2sccc2Br)ccn1. The highest BCUT2D eigenvalue weighted by Gasteiger charge is 2.11. The number of nitrogens with zero attached hydrogens (tertiary/aromatic N) is 1. The highest BCUT2D eigenvalue weighted by molar-refractivity contribution is 9.10. The first-order chi connectivity index (χ1) is 8.20. The Bertz CT molecular complexity index is 539. The molecule has 0 aliphatic heterocycles. The molecule has 0 aromatic carbocycles. The second-order valence-electron chi connectivity index (χ2n) is 3.53. The maximum absolute atomic E-state index is 12.0. The Hall–Kier alpha value is -1.04. The van der Waals surface area contributed by atoms with Gasteiger partial charge in [-0.05, 0) is 39.5 Å². The summed E-state index contributed by atoms with van der Waals surface area (Å²) in [7, 11) is 0. The van der Waals surface area contributed by atoms with Crippen LogP contribution in [-0.2, 0) is 13.0 Å². The maximum atomic E-state index is 12.0. The molecule has 0 aliphatic rings. The van der Waals surface area contributed by atoms with Crippen molar-refractivity contribution < 1.29 is 4.79 Å². The number of ketones is 1. The molecule has 2 aromatic rings. The first-order valence-electron chi connectivity index (χ1n) is 5.11. The summed E-state index contributed by atoms with van der Waals surface area (Å²) in [5.41, 5.74) is 6.90. The minimum atomic E-state index is 0.0882. The number of nitrogens with two attached hydrogens (primary N) is 1. The Morgan fingerprint density at radius 1 is 1.47 bits per heavy atom. The van der Waals surface area contributed by atoms with Crippen molar-refractivity contribution in [2.45, 2.75) is 13.0 Å². The summed E-state index contributed by atoms with van der Waals surface area (Å²) in [6.45, 7) is 0.351. The summed E-state index contributed by atoms with van der Waals surface area (Å²) in [6.07, 6.45) is 2.03. The minimum Gasteiger partial charge on any atom is -0.325 e. The van der Waals surface area contributed by atoms with Gasteiger partial charge in [0, 0.05) is 34.1 Å². The van der Waals surface area contributed by atoms with Gasteiger partial charge >= 0.3 is 0 Å². The molecule has 0 bridgehead atoms. The molecule has 0 fully saturated rings. The largest absolute Gasteiger partial charge is 0.325 e. The van der Waals surface area contributed by atoms with Crippen molar-refractivity contribution in [1.82, 2.24) is 4.98 Å². The lowest BCUT2D eigenvalue weighted by Gasteiger charge is -2.02. The van der Waals surface area contributed by atoms with E-state index in [1.165, 1.54) is 0 Å². The lowest BCUT2D eigenvalue weighted by molar-refractivity contribution is 0.0993. The van der Waals surface area contributed by atoms with Gasteiger partial charge < -0.3 is 5.73 Å². The predicted octanol–water partition coefficient (Wildman–Crippen LogP) is 2.79. The van der Waals surface area contributed by atoms with Gasteiger partial charge in [-0.1, -0.05) is 0 Å². The molecule has 3 nitrogen and oxygen atoms in total. The van der Waals surface area contributed by atoms with Crippen molar-refractivity contribution in [2.24, 2.45) is 5.73 Å². The first kappa shape index (κ1) is 12.4. The fourth-order valence-electron chi connectivity index (χ4n) is 1.46. The third-order valence-corrected chi connectivity index (χ3v) is 4.29. The number of Topliss-reactive ketones (excluding diaryl/α,β-unsaturated/α-hetero) is 1. The molecule has 0 aliphatic carbocycles. The summed E-state index contributed by atoms with van der Waals surface area (Å²) < 4.78 is 0.990. The van der Waals surface area contributed by atoms with Crippen LogP contribution >= 0.6 is 27.3 Å². The summed E-state index contributed by atoms with van der Waals surface area (Å²) in [6, 6.07) is 5.43. The second kappa shape index (κ2) is 5.53. The van der Waals surface area contributed by atoms with Crippen molar-refractivity contribution in [2.75, 3.05) is 0 Å². The Kier molecular flexibility index (Phi) is 4.04. The van der Waals surface area contributed by atoms with Crippen LogP contribution in [0.1, 0.15) is 20.9 Å². The zero-order valence-electron chi connectivity index (χ0n) is 9.02. The molecule has 88 valence electrons. The van der Waals surface area contributed by atoms with E-state index >= 15 is 0 Å². The molecule has 2 N–H and O–H groups in total. The number of carbonyl (C=O) groups excluding carboxylic acids is 1. The monoisotopic (exact) mass is 310 g/mol. The van der Waals surface area contributed by atoms with Crippen molar-refractivity contribution in [1.29, 1.82) is 0 Å². The zero-order valence-corrected chi connectivity index (χ0v) is 11.4. The van der Waals surface area contributed by atoms with Gasteiger partial charge in [0.15, 0.2) is 5.78 Å². The van der Waals surface area contributed by atoms with E-state index in [2.05, 4.69) is 20.9 Å². The summed E-state index contributed by atoms with van der Waals surface area (Å²) in [5.74, 6) is 0.0882. The van der Waals surface area contributed by atoms with Gasteiger partial charge in [-0.2, -0.15) is 0 Å². The highest BCUT2D eigenvalue weighted by Crippen LogP contribution is 2.24. The molecule has 2 aromatic heterocycles. The van der Waals surface area contributed by atoms with E-state index in [0.29, 0.717) is 18.5 Å². The molecule has 2 heterocycles. The molecule has 17 heavy (non-hydrogen) atoms. The fourth-order valence-corrected chi connectivity index (χ4v) is 2.95. The summed E-state index contributed by atoms with van der Waals surface area (Å²) >= 11 is 5.00. The van der Waals surface area contributed by atoms with Crippen LogP contribution in [0.2, 0.25) is 0 Å². The Morgan fingerprint density at radius 3 is 2.94 bits per heavy atom. The van der Waals surface area contributed by atoms with Crippen LogP contribution in [0.5, 0.6) is 0 Å². The smallest absolute Gasteiger partial charge is 0.168 e. The van der Waals surface area contributed by atoms with Gasteiger partial charge in [0.05, 0.1) is 5.69 Å². The molecule has 0 saturated heterocycles. The van der Waals surface area contributed by atoms with E-state index in [9.17, 15) is 4.79 Å². The van der Waals surface area contributed by atoms with E-state index in [1.54, 1.807) is 29.7 Å². The van der Waals surface area contributed by atoms with Crippen LogP contribution in [0.15, 0.2) is 34.2 Å². The highest BCUT2D eigenvalue weighted by atomic mass is 79.9. The number of thiophene rings is 1. The number of aromatic nitrogens is 1. The standard InChI is InChI=1S/C12H11BrN2OS/c13-10-2-4-17-12(10)6-11(16)8-1-3-15-9(5-8)7-14/h1-5H,6-7,14H2. The first-order valence-corrected chi connectivity index (χ1v) is 6.78. The molecule has 2 rings (SSSR count). The van der Waals surface area contributed by atoms with E-state index in [-0.39, 0.29) is 5.78 Å². The molecule has 0 atom stereocenters. The van der Waals surface area contributed by atoms with Crippen LogP contribution in [0.4, 0.5) is 0 Å². The molecule has 0 saturated carbocycles. The topological polar surface area (TPSA) is 56.0 Å². The minimum absolute atomic E-state index is 0.0882. The third-order valence-electron chi connectivity index (χ3n) is 2.36. The third kappa shape index (κ3) is 3.00. The fraction of sp³-hybridized carbons (Fsp3) is 0.167. The van der Waals surface area contributed by atoms with E-state index in [0.717, 1.165) is 15.0 Å². The van der Waals surface area contributed by atoms with Gasteiger partial charge in [-0.3, -0.25) is 9.78 Å².